The predicted molar refractivity (Wildman–Crippen MR) is 106 cm³/mol. The fraction of sp³-hybridized carbons (Fsp3) is 0.150. The number of nitrogens with two attached hydrogens (primary N) is 1. The van der Waals surface area contributed by atoms with Gasteiger partial charge >= 0.3 is 0 Å². The maximum Gasteiger partial charge on any atom is 0.230 e. The second-order valence-electron chi connectivity index (χ2n) is 5.80. The summed E-state index contributed by atoms with van der Waals surface area (Å²) < 4.78 is 5.53. The van der Waals surface area contributed by atoms with Crippen molar-refractivity contribution < 1.29 is 14.3 Å². The third-order valence-corrected chi connectivity index (χ3v) is 4.62. The van der Waals surface area contributed by atoms with Crippen LogP contribution in [0.1, 0.15) is 12.1 Å². The van der Waals surface area contributed by atoms with E-state index in [0.29, 0.717) is 17.1 Å². The van der Waals surface area contributed by atoms with Crippen molar-refractivity contribution >= 4 is 28.8 Å². The maximum absolute atomic E-state index is 12.4. The number of amides is 2. The van der Waals surface area contributed by atoms with Gasteiger partial charge in [0.05, 0.1) is 30.8 Å². The molecule has 0 fully saturated rings. The molecule has 1 aromatic heterocycles. The fourth-order valence-electron chi connectivity index (χ4n) is 2.42. The molecule has 3 N–H and O–H groups in total. The number of carbonyl (C=O) groups excluding carboxylic acids is 2. The number of para-hydroxylation sites is 2. The van der Waals surface area contributed by atoms with Gasteiger partial charge in [-0.05, 0) is 12.1 Å². The van der Waals surface area contributed by atoms with Crippen LogP contribution in [0.2, 0.25) is 0 Å². The molecule has 2 amide bonds. The molecule has 0 aliphatic rings. The zero-order valence-electron chi connectivity index (χ0n) is 14.6. The smallest absolute Gasteiger partial charge is 0.230 e. The van der Waals surface area contributed by atoms with Crippen LogP contribution in [0.3, 0.4) is 0 Å². The summed E-state index contributed by atoms with van der Waals surface area (Å²) >= 11 is 1.51. The van der Waals surface area contributed by atoms with Gasteiger partial charge in [0.15, 0.2) is 0 Å². The van der Waals surface area contributed by atoms with Gasteiger partial charge in [0.2, 0.25) is 11.8 Å². The lowest BCUT2D eigenvalue weighted by molar-refractivity contribution is -0.118. The third-order valence-electron chi connectivity index (χ3n) is 3.68. The monoisotopic (exact) mass is 381 g/mol. The molecule has 27 heavy (non-hydrogen) atoms. The van der Waals surface area contributed by atoms with E-state index >= 15 is 0 Å². The van der Waals surface area contributed by atoms with Gasteiger partial charge in [-0.1, -0.05) is 42.5 Å². The van der Waals surface area contributed by atoms with E-state index in [0.717, 1.165) is 10.6 Å². The number of nitrogens with one attached hydrogen (secondary N) is 1. The van der Waals surface area contributed by atoms with Crippen molar-refractivity contribution in [2.24, 2.45) is 5.73 Å². The van der Waals surface area contributed by atoms with Crippen LogP contribution in [0, 0.1) is 0 Å². The quantitative estimate of drug-likeness (QED) is 0.626. The Balaban J connectivity index is 1.61. The third kappa shape index (κ3) is 5.39. The summed E-state index contributed by atoms with van der Waals surface area (Å²) in [5.74, 6) is -0.129. The summed E-state index contributed by atoms with van der Waals surface area (Å²) in [7, 11) is 0. The fourth-order valence-corrected chi connectivity index (χ4v) is 3.24. The molecule has 3 aromatic rings. The molecule has 0 aliphatic carbocycles. The van der Waals surface area contributed by atoms with Gasteiger partial charge in [0.1, 0.15) is 10.8 Å². The van der Waals surface area contributed by atoms with Crippen molar-refractivity contribution in [3.8, 4) is 16.3 Å². The molecule has 138 valence electrons. The molecule has 0 radical (unpaired) electrons. The molecule has 0 atom stereocenters. The average Bonchev–Trinajstić information content (AvgIpc) is 3.12. The Bertz CT molecular complexity index is 925. The topological polar surface area (TPSA) is 94.3 Å². The SMILES string of the molecule is NC(=O)CCOc1ccccc1NC(=O)Cc1csc(-c2ccccc2)n1. The zero-order valence-corrected chi connectivity index (χ0v) is 15.4. The van der Waals surface area contributed by atoms with E-state index in [1.807, 2.05) is 35.7 Å². The van der Waals surface area contributed by atoms with Crippen molar-refractivity contribution in [3.63, 3.8) is 0 Å². The number of thiazole rings is 1. The van der Waals surface area contributed by atoms with Crippen molar-refractivity contribution in [2.75, 3.05) is 11.9 Å². The zero-order chi connectivity index (χ0) is 19.1. The number of nitrogens with zero attached hydrogens (tertiary/aromatic N) is 1. The van der Waals surface area contributed by atoms with Crippen LogP contribution in [0.5, 0.6) is 5.75 Å². The highest BCUT2D eigenvalue weighted by atomic mass is 32.1. The summed E-state index contributed by atoms with van der Waals surface area (Å²) in [6, 6.07) is 16.9. The molecule has 0 unspecified atom stereocenters. The second kappa shape index (κ2) is 8.95. The lowest BCUT2D eigenvalue weighted by Crippen LogP contribution is -2.17. The number of benzene rings is 2. The molecule has 6 nitrogen and oxygen atoms in total. The van der Waals surface area contributed by atoms with Gasteiger partial charge in [0.25, 0.3) is 0 Å². The number of rotatable bonds is 8. The average molecular weight is 381 g/mol. The van der Waals surface area contributed by atoms with Gasteiger partial charge in [0, 0.05) is 10.9 Å². The molecular weight excluding hydrogens is 362 g/mol. The first-order valence-corrected chi connectivity index (χ1v) is 9.29. The maximum atomic E-state index is 12.4. The summed E-state index contributed by atoms with van der Waals surface area (Å²) in [4.78, 5) is 27.7. The number of hydrogen-bond donors (Lipinski definition) is 2. The highest BCUT2D eigenvalue weighted by Gasteiger charge is 2.12. The van der Waals surface area contributed by atoms with E-state index < -0.39 is 5.91 Å². The van der Waals surface area contributed by atoms with Crippen LogP contribution in [-0.2, 0) is 16.0 Å². The van der Waals surface area contributed by atoms with E-state index in [-0.39, 0.29) is 25.4 Å². The van der Waals surface area contributed by atoms with Crippen molar-refractivity contribution in [1.82, 2.24) is 4.98 Å². The summed E-state index contributed by atoms with van der Waals surface area (Å²) in [6.45, 7) is 0.161. The van der Waals surface area contributed by atoms with Crippen molar-refractivity contribution in [3.05, 3.63) is 65.7 Å². The largest absolute Gasteiger partial charge is 0.491 e. The molecule has 0 bridgehead atoms. The van der Waals surface area contributed by atoms with Crippen LogP contribution in [0.25, 0.3) is 10.6 Å². The molecule has 0 aliphatic heterocycles. The molecule has 0 saturated heterocycles. The van der Waals surface area contributed by atoms with Crippen LogP contribution >= 0.6 is 11.3 Å². The summed E-state index contributed by atoms with van der Waals surface area (Å²) in [6.07, 6.45) is 0.280. The number of ether oxygens (including phenoxy) is 1. The summed E-state index contributed by atoms with van der Waals surface area (Å²) in [5, 5.41) is 5.60. The van der Waals surface area contributed by atoms with Gasteiger partial charge in [-0.2, -0.15) is 0 Å². The summed E-state index contributed by atoms with van der Waals surface area (Å²) in [5.41, 5.74) is 7.40. The Morgan fingerprint density at radius 2 is 1.81 bits per heavy atom. The molecule has 0 spiro atoms. The predicted octanol–water partition coefficient (Wildman–Crippen LogP) is 3.25. The molecule has 0 saturated carbocycles. The number of primary amides is 1. The van der Waals surface area contributed by atoms with E-state index in [2.05, 4.69) is 10.3 Å². The van der Waals surface area contributed by atoms with E-state index in [4.69, 9.17) is 10.5 Å². The Morgan fingerprint density at radius 3 is 2.59 bits per heavy atom. The molecule has 2 aromatic carbocycles. The lowest BCUT2D eigenvalue weighted by Gasteiger charge is -2.11. The van der Waals surface area contributed by atoms with E-state index in [1.54, 1.807) is 24.3 Å². The number of hydrogen-bond acceptors (Lipinski definition) is 5. The van der Waals surface area contributed by atoms with E-state index in [9.17, 15) is 9.59 Å². The number of aromatic nitrogens is 1. The first kappa shape index (κ1) is 18.6. The number of carbonyl (C=O) groups is 2. The first-order chi connectivity index (χ1) is 13.1. The van der Waals surface area contributed by atoms with E-state index in [1.165, 1.54) is 11.3 Å². The minimum Gasteiger partial charge on any atom is -0.491 e. The first-order valence-electron chi connectivity index (χ1n) is 8.41. The second-order valence-corrected chi connectivity index (χ2v) is 6.65. The van der Waals surface area contributed by atoms with Crippen LogP contribution in [0.15, 0.2) is 60.0 Å². The normalized spacial score (nSPS) is 10.4. The molecule has 7 heteroatoms. The Morgan fingerprint density at radius 1 is 1.07 bits per heavy atom. The molecule has 3 rings (SSSR count). The molecule has 1 heterocycles. The van der Waals surface area contributed by atoms with Crippen LogP contribution in [-0.4, -0.2) is 23.4 Å². The van der Waals surface area contributed by atoms with Crippen LogP contribution < -0.4 is 15.8 Å². The Hall–Kier alpha value is -3.19. The standard InChI is InChI=1S/C20H19N3O3S/c21-18(24)10-11-26-17-9-5-4-8-16(17)23-19(25)12-15-13-27-20(22-15)14-6-2-1-3-7-14/h1-9,13H,10-12H2,(H2,21,24)(H,23,25). The Labute approximate surface area is 161 Å². The minimum absolute atomic E-state index is 0.114. The van der Waals surface area contributed by atoms with Crippen molar-refractivity contribution in [1.29, 1.82) is 0 Å². The van der Waals surface area contributed by atoms with Gasteiger partial charge < -0.3 is 15.8 Å². The van der Waals surface area contributed by atoms with Crippen molar-refractivity contribution in [2.45, 2.75) is 12.8 Å². The minimum atomic E-state index is -0.436. The van der Waals surface area contributed by atoms with Gasteiger partial charge in [-0.25, -0.2) is 4.98 Å². The number of anilines is 1. The van der Waals surface area contributed by atoms with Gasteiger partial charge in [-0.3, -0.25) is 9.59 Å². The lowest BCUT2D eigenvalue weighted by atomic mass is 10.2. The highest BCUT2D eigenvalue weighted by molar-refractivity contribution is 7.13. The Kier molecular flexibility index (Phi) is 6.17. The van der Waals surface area contributed by atoms with Crippen LogP contribution in [0.4, 0.5) is 5.69 Å². The highest BCUT2D eigenvalue weighted by Crippen LogP contribution is 2.25. The molecular formula is C20H19N3O3S. The van der Waals surface area contributed by atoms with Gasteiger partial charge in [-0.15, -0.1) is 11.3 Å².